The second-order valence-corrected chi connectivity index (χ2v) is 5.54. The van der Waals surface area contributed by atoms with Crippen molar-refractivity contribution in [2.45, 2.75) is 25.8 Å². The van der Waals surface area contributed by atoms with E-state index < -0.39 is 5.54 Å². The molecule has 110 valence electrons. The van der Waals surface area contributed by atoms with Crippen LogP contribution in [0.25, 0.3) is 0 Å². The predicted molar refractivity (Wildman–Crippen MR) is 79.6 cm³/mol. The average molecular weight is 277 g/mol. The molecule has 1 fully saturated rings. The van der Waals surface area contributed by atoms with E-state index in [4.69, 9.17) is 10.5 Å². The number of benzene rings is 1. The van der Waals surface area contributed by atoms with E-state index in [-0.39, 0.29) is 5.91 Å². The SMILES string of the molecule is CC1(C)C(=O)NCCN1CCCOc1ccccc1N. The zero-order valence-electron chi connectivity index (χ0n) is 12.2. The molecule has 0 aromatic heterocycles. The normalized spacial score (nSPS) is 18.6. The largest absolute Gasteiger partial charge is 0.491 e. The lowest BCUT2D eigenvalue weighted by atomic mass is 9.99. The molecule has 3 N–H and O–H groups in total. The van der Waals surface area contributed by atoms with Crippen LogP contribution in [-0.2, 0) is 4.79 Å². The van der Waals surface area contributed by atoms with Crippen LogP contribution in [0, 0.1) is 0 Å². The van der Waals surface area contributed by atoms with Crippen molar-refractivity contribution >= 4 is 11.6 Å². The van der Waals surface area contributed by atoms with Crippen molar-refractivity contribution in [3.05, 3.63) is 24.3 Å². The molecule has 0 aliphatic carbocycles. The fourth-order valence-electron chi connectivity index (χ4n) is 2.38. The number of nitrogens with one attached hydrogen (secondary N) is 1. The monoisotopic (exact) mass is 277 g/mol. The van der Waals surface area contributed by atoms with Crippen LogP contribution in [0.5, 0.6) is 5.75 Å². The Morgan fingerprint density at radius 3 is 2.90 bits per heavy atom. The van der Waals surface area contributed by atoms with Crippen molar-refractivity contribution < 1.29 is 9.53 Å². The summed E-state index contributed by atoms with van der Waals surface area (Å²) in [5, 5.41) is 2.90. The molecule has 0 spiro atoms. The number of anilines is 1. The number of ether oxygens (including phenoxy) is 1. The summed E-state index contributed by atoms with van der Waals surface area (Å²) < 4.78 is 5.67. The second kappa shape index (κ2) is 6.13. The van der Waals surface area contributed by atoms with Gasteiger partial charge in [0.05, 0.1) is 17.8 Å². The summed E-state index contributed by atoms with van der Waals surface area (Å²) >= 11 is 0. The molecule has 0 atom stereocenters. The number of amides is 1. The van der Waals surface area contributed by atoms with E-state index in [1.165, 1.54) is 0 Å². The molecule has 5 nitrogen and oxygen atoms in total. The molecular formula is C15H23N3O2. The van der Waals surface area contributed by atoms with E-state index in [1.54, 1.807) is 0 Å². The van der Waals surface area contributed by atoms with Crippen molar-refractivity contribution in [2.75, 3.05) is 32.0 Å². The predicted octanol–water partition coefficient (Wildman–Crippen LogP) is 1.25. The topological polar surface area (TPSA) is 67.6 Å². The lowest BCUT2D eigenvalue weighted by molar-refractivity contribution is -0.135. The van der Waals surface area contributed by atoms with Crippen LogP contribution >= 0.6 is 0 Å². The minimum absolute atomic E-state index is 0.0944. The first-order chi connectivity index (χ1) is 9.51. The Bertz CT molecular complexity index is 474. The number of rotatable bonds is 5. The van der Waals surface area contributed by atoms with Gasteiger partial charge in [0, 0.05) is 19.6 Å². The highest BCUT2D eigenvalue weighted by molar-refractivity contribution is 5.86. The van der Waals surface area contributed by atoms with E-state index in [2.05, 4.69) is 10.2 Å². The number of para-hydroxylation sites is 2. The van der Waals surface area contributed by atoms with E-state index in [0.717, 1.165) is 31.8 Å². The molecule has 20 heavy (non-hydrogen) atoms. The first-order valence-electron chi connectivity index (χ1n) is 7.02. The number of carbonyl (C=O) groups is 1. The molecule has 1 aromatic carbocycles. The van der Waals surface area contributed by atoms with Gasteiger partial charge >= 0.3 is 0 Å². The first-order valence-corrected chi connectivity index (χ1v) is 7.02. The number of hydrogen-bond donors (Lipinski definition) is 2. The van der Waals surface area contributed by atoms with Crippen LogP contribution in [0.1, 0.15) is 20.3 Å². The van der Waals surface area contributed by atoms with Crippen LogP contribution in [0.2, 0.25) is 0 Å². The van der Waals surface area contributed by atoms with Crippen molar-refractivity contribution in [1.82, 2.24) is 10.2 Å². The Morgan fingerprint density at radius 2 is 2.15 bits per heavy atom. The Labute approximate surface area is 120 Å². The summed E-state index contributed by atoms with van der Waals surface area (Å²) in [5.74, 6) is 0.820. The highest BCUT2D eigenvalue weighted by Gasteiger charge is 2.36. The van der Waals surface area contributed by atoms with Gasteiger partial charge in [-0.15, -0.1) is 0 Å². The Kier molecular flexibility index (Phi) is 4.49. The molecular weight excluding hydrogens is 254 g/mol. The molecule has 1 amide bonds. The van der Waals surface area contributed by atoms with Crippen LogP contribution < -0.4 is 15.8 Å². The molecule has 1 aromatic rings. The van der Waals surface area contributed by atoms with Gasteiger partial charge in [-0.3, -0.25) is 9.69 Å². The molecule has 2 rings (SSSR count). The van der Waals surface area contributed by atoms with Crippen LogP contribution in [0.4, 0.5) is 5.69 Å². The maximum absolute atomic E-state index is 11.8. The maximum Gasteiger partial charge on any atom is 0.239 e. The molecule has 5 heteroatoms. The number of nitrogens with zero attached hydrogens (tertiary/aromatic N) is 1. The molecule has 1 heterocycles. The lowest BCUT2D eigenvalue weighted by Gasteiger charge is -2.41. The maximum atomic E-state index is 11.8. The van der Waals surface area contributed by atoms with Gasteiger partial charge in [0.15, 0.2) is 0 Å². The Morgan fingerprint density at radius 1 is 1.40 bits per heavy atom. The van der Waals surface area contributed by atoms with Gasteiger partial charge in [0.25, 0.3) is 0 Å². The molecule has 1 aliphatic rings. The lowest BCUT2D eigenvalue weighted by Crippen LogP contribution is -2.61. The van der Waals surface area contributed by atoms with Gasteiger partial charge in [-0.05, 0) is 32.4 Å². The van der Waals surface area contributed by atoms with Crippen LogP contribution in [0.15, 0.2) is 24.3 Å². The number of nitrogen functional groups attached to an aromatic ring is 1. The van der Waals surface area contributed by atoms with Crippen molar-refractivity contribution in [3.63, 3.8) is 0 Å². The Balaban J connectivity index is 1.79. The van der Waals surface area contributed by atoms with E-state index in [1.807, 2.05) is 38.1 Å². The first kappa shape index (κ1) is 14.7. The van der Waals surface area contributed by atoms with Gasteiger partial charge in [0.2, 0.25) is 5.91 Å². The van der Waals surface area contributed by atoms with Gasteiger partial charge in [-0.2, -0.15) is 0 Å². The number of carbonyl (C=O) groups excluding carboxylic acids is 1. The molecule has 1 aliphatic heterocycles. The van der Waals surface area contributed by atoms with Crippen LogP contribution in [-0.4, -0.2) is 42.6 Å². The van der Waals surface area contributed by atoms with Crippen molar-refractivity contribution in [1.29, 1.82) is 0 Å². The molecule has 0 saturated carbocycles. The zero-order chi connectivity index (χ0) is 14.6. The van der Waals surface area contributed by atoms with Crippen molar-refractivity contribution in [2.24, 2.45) is 0 Å². The standard InChI is InChI=1S/C15H23N3O2/c1-15(2)14(19)17-8-10-18(15)9-5-11-20-13-7-4-3-6-12(13)16/h3-4,6-7H,5,8-11,16H2,1-2H3,(H,17,19). The summed E-state index contributed by atoms with van der Waals surface area (Å²) in [6.45, 7) is 6.95. The summed E-state index contributed by atoms with van der Waals surface area (Å²) in [5.41, 5.74) is 6.04. The number of hydrogen-bond acceptors (Lipinski definition) is 4. The zero-order valence-corrected chi connectivity index (χ0v) is 12.2. The van der Waals surface area contributed by atoms with E-state index in [0.29, 0.717) is 12.3 Å². The summed E-state index contributed by atoms with van der Waals surface area (Å²) in [7, 11) is 0. The summed E-state index contributed by atoms with van der Waals surface area (Å²) in [4.78, 5) is 14.0. The smallest absolute Gasteiger partial charge is 0.239 e. The minimum Gasteiger partial charge on any atom is -0.491 e. The molecule has 0 unspecified atom stereocenters. The third kappa shape index (κ3) is 3.22. The van der Waals surface area contributed by atoms with E-state index >= 15 is 0 Å². The molecule has 0 radical (unpaired) electrons. The van der Waals surface area contributed by atoms with E-state index in [9.17, 15) is 4.79 Å². The highest BCUT2D eigenvalue weighted by Crippen LogP contribution is 2.21. The summed E-state index contributed by atoms with van der Waals surface area (Å²) in [6, 6.07) is 7.49. The van der Waals surface area contributed by atoms with Gasteiger partial charge in [-0.25, -0.2) is 0 Å². The molecule has 0 bridgehead atoms. The highest BCUT2D eigenvalue weighted by atomic mass is 16.5. The molecule has 1 saturated heterocycles. The quantitative estimate of drug-likeness (QED) is 0.628. The van der Waals surface area contributed by atoms with Gasteiger partial charge < -0.3 is 15.8 Å². The minimum atomic E-state index is -0.440. The van der Waals surface area contributed by atoms with Gasteiger partial charge in [-0.1, -0.05) is 12.1 Å². The third-order valence-electron chi connectivity index (χ3n) is 3.76. The number of nitrogens with two attached hydrogens (primary N) is 1. The second-order valence-electron chi connectivity index (χ2n) is 5.54. The fourth-order valence-corrected chi connectivity index (χ4v) is 2.38. The van der Waals surface area contributed by atoms with Crippen LogP contribution in [0.3, 0.4) is 0 Å². The number of piperazine rings is 1. The van der Waals surface area contributed by atoms with Crippen molar-refractivity contribution in [3.8, 4) is 5.75 Å². The Hall–Kier alpha value is -1.75. The average Bonchev–Trinajstić information content (AvgIpc) is 2.41. The third-order valence-corrected chi connectivity index (χ3v) is 3.76. The summed E-state index contributed by atoms with van der Waals surface area (Å²) in [6.07, 6.45) is 0.866. The van der Waals surface area contributed by atoms with Gasteiger partial charge in [0.1, 0.15) is 5.75 Å². The fraction of sp³-hybridized carbons (Fsp3) is 0.533.